The van der Waals surface area contributed by atoms with Crippen molar-refractivity contribution in [3.05, 3.63) is 35.4 Å². The van der Waals surface area contributed by atoms with Crippen LogP contribution in [0.4, 0.5) is 0 Å². The van der Waals surface area contributed by atoms with Crippen LogP contribution in [0.5, 0.6) is 0 Å². The molecule has 1 saturated carbocycles. The van der Waals surface area contributed by atoms with Crippen molar-refractivity contribution in [3.63, 3.8) is 0 Å². The largest absolute Gasteiger partial charge is 0.396 e. The Hall–Kier alpha value is -0.860. The van der Waals surface area contributed by atoms with E-state index in [4.69, 9.17) is 0 Å². The molecule has 14 heavy (non-hydrogen) atoms. The summed E-state index contributed by atoms with van der Waals surface area (Å²) in [6, 6.07) is 8.33. The third-order valence-electron chi connectivity index (χ3n) is 3.30. The van der Waals surface area contributed by atoms with Crippen molar-refractivity contribution in [2.24, 2.45) is 5.41 Å². The molecule has 0 radical (unpaired) electrons. The van der Waals surface area contributed by atoms with E-state index in [-0.39, 0.29) is 18.6 Å². The number of aryl methyl sites for hydroxylation is 1. The van der Waals surface area contributed by atoms with Gasteiger partial charge in [0.1, 0.15) is 0 Å². The Morgan fingerprint density at radius 2 is 1.79 bits per heavy atom. The van der Waals surface area contributed by atoms with Crippen LogP contribution < -0.4 is 0 Å². The molecule has 0 heterocycles. The quantitative estimate of drug-likeness (QED) is 0.761. The molecule has 2 N–H and O–H groups in total. The number of hydrogen-bond donors (Lipinski definition) is 2. The fraction of sp³-hybridized carbons (Fsp3) is 0.500. The molecule has 0 bridgehead atoms. The predicted molar refractivity (Wildman–Crippen MR) is 55.1 cm³/mol. The highest BCUT2D eigenvalue weighted by molar-refractivity contribution is 5.32. The zero-order chi connectivity index (χ0) is 10.2. The summed E-state index contributed by atoms with van der Waals surface area (Å²) in [6.45, 7) is 2.23. The predicted octanol–water partition coefficient (Wildman–Crippen LogP) is 1.45. The molecule has 0 spiro atoms. The lowest BCUT2D eigenvalue weighted by Crippen LogP contribution is -2.14. The molecule has 0 saturated heterocycles. The molecular formula is C12H16O2. The first-order valence-electron chi connectivity index (χ1n) is 5.00. The lowest BCUT2D eigenvalue weighted by atomic mass is 10.00. The third kappa shape index (κ3) is 1.45. The van der Waals surface area contributed by atoms with Crippen molar-refractivity contribution >= 4 is 0 Å². The molecule has 1 aromatic rings. The molecule has 1 aliphatic rings. The second kappa shape index (κ2) is 3.37. The highest BCUT2D eigenvalue weighted by Crippen LogP contribution is 2.58. The van der Waals surface area contributed by atoms with Crippen LogP contribution in [-0.4, -0.2) is 23.4 Å². The number of rotatable bonds is 3. The fourth-order valence-electron chi connectivity index (χ4n) is 2.02. The van der Waals surface area contributed by atoms with Crippen LogP contribution in [0.25, 0.3) is 0 Å². The minimum atomic E-state index is -0.241. The SMILES string of the molecule is Cc1ccc(C2CC2(CO)CO)cc1. The van der Waals surface area contributed by atoms with E-state index in [9.17, 15) is 10.2 Å². The lowest BCUT2D eigenvalue weighted by Gasteiger charge is -2.10. The first kappa shape index (κ1) is 9.69. The van der Waals surface area contributed by atoms with Crippen molar-refractivity contribution in [2.75, 3.05) is 13.2 Å². The Morgan fingerprint density at radius 3 is 2.21 bits per heavy atom. The van der Waals surface area contributed by atoms with E-state index in [1.165, 1.54) is 11.1 Å². The number of hydrogen-bond acceptors (Lipinski definition) is 2. The zero-order valence-corrected chi connectivity index (χ0v) is 8.40. The van der Waals surface area contributed by atoms with E-state index < -0.39 is 0 Å². The summed E-state index contributed by atoms with van der Waals surface area (Å²) in [5.41, 5.74) is 2.24. The molecule has 0 aliphatic heterocycles. The fourth-order valence-corrected chi connectivity index (χ4v) is 2.02. The highest BCUT2D eigenvalue weighted by atomic mass is 16.3. The van der Waals surface area contributed by atoms with Crippen LogP contribution in [-0.2, 0) is 0 Å². The first-order chi connectivity index (χ1) is 6.72. The number of aliphatic hydroxyl groups is 2. The first-order valence-corrected chi connectivity index (χ1v) is 5.00. The molecule has 1 fully saturated rings. The molecule has 1 atom stereocenters. The smallest absolute Gasteiger partial charge is 0.0515 e. The van der Waals surface area contributed by atoms with Gasteiger partial charge in [0, 0.05) is 5.41 Å². The second-order valence-electron chi connectivity index (χ2n) is 4.35. The summed E-state index contributed by atoms with van der Waals surface area (Å²) in [7, 11) is 0. The standard InChI is InChI=1S/C12H16O2/c1-9-2-4-10(5-3-9)11-6-12(11,7-13)8-14/h2-5,11,13-14H,6-8H2,1H3. The molecule has 2 heteroatoms. The van der Waals surface area contributed by atoms with Gasteiger partial charge < -0.3 is 10.2 Å². The monoisotopic (exact) mass is 192 g/mol. The summed E-state index contributed by atoms with van der Waals surface area (Å²) in [6.07, 6.45) is 0.906. The summed E-state index contributed by atoms with van der Waals surface area (Å²) in [5.74, 6) is 0.345. The minimum Gasteiger partial charge on any atom is -0.396 e. The number of aliphatic hydroxyl groups excluding tert-OH is 2. The van der Waals surface area contributed by atoms with E-state index >= 15 is 0 Å². The molecule has 0 aromatic heterocycles. The van der Waals surface area contributed by atoms with Crippen LogP contribution in [0.15, 0.2) is 24.3 Å². The van der Waals surface area contributed by atoms with Crippen molar-refractivity contribution < 1.29 is 10.2 Å². The maximum absolute atomic E-state index is 9.18. The summed E-state index contributed by atoms with van der Waals surface area (Å²) < 4.78 is 0. The van der Waals surface area contributed by atoms with Gasteiger partial charge in [0.15, 0.2) is 0 Å². The topological polar surface area (TPSA) is 40.5 Å². The van der Waals surface area contributed by atoms with Gasteiger partial charge in [0.2, 0.25) is 0 Å². The molecule has 2 nitrogen and oxygen atoms in total. The summed E-state index contributed by atoms with van der Waals surface area (Å²) >= 11 is 0. The van der Waals surface area contributed by atoms with E-state index in [1.54, 1.807) is 0 Å². The van der Waals surface area contributed by atoms with Crippen molar-refractivity contribution in [1.29, 1.82) is 0 Å². The van der Waals surface area contributed by atoms with Gasteiger partial charge >= 0.3 is 0 Å². The highest BCUT2D eigenvalue weighted by Gasteiger charge is 2.53. The Labute approximate surface area is 84.2 Å². The lowest BCUT2D eigenvalue weighted by molar-refractivity contribution is 0.129. The molecular weight excluding hydrogens is 176 g/mol. The van der Waals surface area contributed by atoms with Crippen molar-refractivity contribution in [3.8, 4) is 0 Å². The van der Waals surface area contributed by atoms with Gasteiger partial charge in [-0.05, 0) is 24.8 Å². The maximum atomic E-state index is 9.18. The minimum absolute atomic E-state index is 0.0854. The van der Waals surface area contributed by atoms with Gasteiger partial charge in [-0.2, -0.15) is 0 Å². The van der Waals surface area contributed by atoms with Crippen LogP contribution in [0, 0.1) is 12.3 Å². The van der Waals surface area contributed by atoms with Gasteiger partial charge in [-0.25, -0.2) is 0 Å². The molecule has 2 rings (SSSR count). The van der Waals surface area contributed by atoms with Gasteiger partial charge in [-0.1, -0.05) is 29.8 Å². The molecule has 0 amide bonds. The molecule has 1 unspecified atom stereocenters. The average Bonchev–Trinajstić information content (AvgIpc) is 2.94. The van der Waals surface area contributed by atoms with Crippen molar-refractivity contribution in [1.82, 2.24) is 0 Å². The van der Waals surface area contributed by atoms with E-state index in [0.29, 0.717) is 5.92 Å². The van der Waals surface area contributed by atoms with Gasteiger partial charge in [-0.15, -0.1) is 0 Å². The van der Waals surface area contributed by atoms with Crippen LogP contribution in [0.1, 0.15) is 23.5 Å². The molecule has 1 aromatic carbocycles. The Morgan fingerprint density at radius 1 is 1.21 bits per heavy atom. The van der Waals surface area contributed by atoms with Crippen LogP contribution in [0.2, 0.25) is 0 Å². The van der Waals surface area contributed by atoms with Gasteiger partial charge in [-0.3, -0.25) is 0 Å². The summed E-state index contributed by atoms with van der Waals surface area (Å²) in [4.78, 5) is 0. The third-order valence-corrected chi connectivity index (χ3v) is 3.30. The van der Waals surface area contributed by atoms with Crippen LogP contribution in [0.3, 0.4) is 0 Å². The summed E-state index contributed by atoms with van der Waals surface area (Å²) in [5, 5.41) is 18.4. The Balaban J connectivity index is 2.16. The van der Waals surface area contributed by atoms with E-state index in [1.807, 2.05) is 0 Å². The van der Waals surface area contributed by atoms with Crippen molar-refractivity contribution in [2.45, 2.75) is 19.3 Å². The van der Waals surface area contributed by atoms with E-state index in [2.05, 4.69) is 31.2 Å². The van der Waals surface area contributed by atoms with E-state index in [0.717, 1.165) is 6.42 Å². The second-order valence-corrected chi connectivity index (χ2v) is 4.35. The van der Waals surface area contributed by atoms with Crippen LogP contribution >= 0.6 is 0 Å². The number of benzene rings is 1. The molecule has 76 valence electrons. The maximum Gasteiger partial charge on any atom is 0.0515 e. The Bertz CT molecular complexity index is 312. The molecule has 1 aliphatic carbocycles. The van der Waals surface area contributed by atoms with Gasteiger partial charge in [0.25, 0.3) is 0 Å². The Kier molecular flexibility index (Phi) is 2.33. The normalized spacial score (nSPS) is 23.5. The zero-order valence-electron chi connectivity index (χ0n) is 8.40. The van der Waals surface area contributed by atoms with Gasteiger partial charge in [0.05, 0.1) is 13.2 Å². The average molecular weight is 192 g/mol.